The van der Waals surface area contributed by atoms with E-state index in [2.05, 4.69) is 0 Å². The largest absolute Gasteiger partial charge is 0.488 e. The molecule has 0 aliphatic rings. The van der Waals surface area contributed by atoms with Gasteiger partial charge in [-0.2, -0.15) is 0 Å². The zero-order chi connectivity index (χ0) is 14.7. The van der Waals surface area contributed by atoms with E-state index in [1.165, 1.54) is 6.92 Å². The number of Topliss-reactive ketones (excluding diaryl/α,β-unsaturated/α-hetero) is 1. The van der Waals surface area contributed by atoms with Gasteiger partial charge in [0.1, 0.15) is 12.4 Å². The van der Waals surface area contributed by atoms with Crippen LogP contribution in [0.4, 0.5) is 0 Å². The maximum Gasteiger partial charge on any atom is 0.163 e. The topological polar surface area (TPSA) is 26.3 Å². The van der Waals surface area contributed by atoms with Gasteiger partial charge in [0.15, 0.2) is 5.78 Å². The van der Waals surface area contributed by atoms with Gasteiger partial charge in [-0.15, -0.1) is 0 Å². The Balaban J connectivity index is 2.23. The Hall–Kier alpha value is -1.51. The van der Waals surface area contributed by atoms with Gasteiger partial charge < -0.3 is 4.74 Å². The van der Waals surface area contributed by atoms with Crippen LogP contribution < -0.4 is 4.74 Å². The minimum Gasteiger partial charge on any atom is -0.488 e. The summed E-state index contributed by atoms with van der Waals surface area (Å²) >= 11 is 12.1. The minimum absolute atomic E-state index is 0.0270. The van der Waals surface area contributed by atoms with Crippen LogP contribution in [0.3, 0.4) is 0 Å². The van der Waals surface area contributed by atoms with Crippen LogP contribution in [0.5, 0.6) is 5.75 Å². The maximum atomic E-state index is 11.6. The molecule has 0 amide bonds. The van der Waals surface area contributed by atoms with Crippen LogP contribution in [-0.2, 0) is 6.61 Å². The molecule has 0 N–H and O–H groups in total. The molecule has 0 spiro atoms. The monoisotopic (exact) mass is 308 g/mol. The van der Waals surface area contributed by atoms with Crippen molar-refractivity contribution < 1.29 is 9.53 Å². The molecule has 2 nitrogen and oxygen atoms in total. The van der Waals surface area contributed by atoms with Crippen molar-refractivity contribution in [1.82, 2.24) is 0 Å². The fourth-order valence-corrected chi connectivity index (χ4v) is 2.23. The zero-order valence-corrected chi connectivity index (χ0v) is 12.8. The molecule has 0 aliphatic carbocycles. The lowest BCUT2D eigenvalue weighted by Gasteiger charge is -2.12. The van der Waals surface area contributed by atoms with Gasteiger partial charge >= 0.3 is 0 Å². The Labute approximate surface area is 128 Å². The molecule has 0 saturated heterocycles. The maximum absolute atomic E-state index is 11.6. The predicted molar refractivity (Wildman–Crippen MR) is 82.0 cm³/mol. The molecule has 0 bridgehead atoms. The van der Waals surface area contributed by atoms with Crippen LogP contribution in [-0.4, -0.2) is 5.78 Å². The average molecular weight is 309 g/mol. The lowest BCUT2D eigenvalue weighted by molar-refractivity contribution is 0.101. The Morgan fingerprint density at radius 3 is 2.65 bits per heavy atom. The zero-order valence-electron chi connectivity index (χ0n) is 11.2. The third kappa shape index (κ3) is 3.33. The first-order chi connectivity index (χ1) is 9.49. The van der Waals surface area contributed by atoms with Crippen LogP contribution in [0.15, 0.2) is 36.4 Å². The Bertz CT molecular complexity index is 651. The van der Waals surface area contributed by atoms with Crippen molar-refractivity contribution in [1.29, 1.82) is 0 Å². The summed E-state index contributed by atoms with van der Waals surface area (Å²) in [6.45, 7) is 3.72. The quantitative estimate of drug-likeness (QED) is 0.736. The molecule has 104 valence electrons. The van der Waals surface area contributed by atoms with Crippen molar-refractivity contribution in [2.75, 3.05) is 0 Å². The molecule has 0 radical (unpaired) electrons. The molecule has 0 fully saturated rings. The molecule has 2 rings (SSSR count). The fourth-order valence-electron chi connectivity index (χ4n) is 1.86. The third-order valence-electron chi connectivity index (χ3n) is 2.93. The minimum atomic E-state index is -0.0270. The molecule has 20 heavy (non-hydrogen) atoms. The number of benzene rings is 2. The van der Waals surface area contributed by atoms with E-state index >= 15 is 0 Å². The number of ether oxygens (including phenoxy) is 1. The van der Waals surface area contributed by atoms with E-state index in [0.29, 0.717) is 21.4 Å². The van der Waals surface area contributed by atoms with E-state index in [1.54, 1.807) is 12.1 Å². The van der Waals surface area contributed by atoms with E-state index in [1.807, 2.05) is 31.2 Å². The van der Waals surface area contributed by atoms with Crippen molar-refractivity contribution in [3.05, 3.63) is 63.1 Å². The Morgan fingerprint density at radius 1 is 1.20 bits per heavy atom. The molecule has 2 aromatic carbocycles. The summed E-state index contributed by atoms with van der Waals surface area (Å²) in [6, 6.07) is 10.9. The average Bonchev–Trinajstić information content (AvgIpc) is 2.41. The summed E-state index contributed by atoms with van der Waals surface area (Å²) in [5.74, 6) is 0.528. The van der Waals surface area contributed by atoms with Crippen molar-refractivity contribution in [2.45, 2.75) is 20.5 Å². The van der Waals surface area contributed by atoms with Gasteiger partial charge in [-0.3, -0.25) is 4.79 Å². The summed E-state index contributed by atoms with van der Waals surface area (Å²) in [5, 5.41) is 0.967. The van der Waals surface area contributed by atoms with Crippen molar-refractivity contribution >= 4 is 29.0 Å². The van der Waals surface area contributed by atoms with E-state index in [0.717, 1.165) is 11.1 Å². The van der Waals surface area contributed by atoms with Crippen molar-refractivity contribution in [2.24, 2.45) is 0 Å². The van der Waals surface area contributed by atoms with E-state index in [-0.39, 0.29) is 12.4 Å². The highest BCUT2D eigenvalue weighted by molar-refractivity contribution is 6.42. The molecule has 2 aromatic rings. The van der Waals surface area contributed by atoms with Crippen molar-refractivity contribution in [3.63, 3.8) is 0 Å². The second-order valence-electron chi connectivity index (χ2n) is 4.56. The van der Waals surface area contributed by atoms with Gasteiger partial charge in [-0.1, -0.05) is 47.0 Å². The van der Waals surface area contributed by atoms with E-state index < -0.39 is 0 Å². The van der Waals surface area contributed by atoms with Gasteiger partial charge in [0.2, 0.25) is 0 Å². The molecule has 0 atom stereocenters. The summed E-state index contributed by atoms with van der Waals surface area (Å²) < 4.78 is 5.71. The second kappa shape index (κ2) is 6.29. The number of halogens is 2. The van der Waals surface area contributed by atoms with Crippen LogP contribution in [0.2, 0.25) is 10.0 Å². The first-order valence-electron chi connectivity index (χ1n) is 6.16. The van der Waals surface area contributed by atoms with Crippen LogP contribution in [0.25, 0.3) is 0 Å². The molecule has 0 saturated carbocycles. The van der Waals surface area contributed by atoms with Gasteiger partial charge in [-0.25, -0.2) is 0 Å². The van der Waals surface area contributed by atoms with Gasteiger partial charge in [0.05, 0.1) is 15.6 Å². The van der Waals surface area contributed by atoms with Gasteiger partial charge in [0, 0.05) is 5.56 Å². The molecule has 4 heteroatoms. The summed E-state index contributed by atoms with van der Waals surface area (Å²) in [5.41, 5.74) is 2.38. The molecular formula is C16H14Cl2O2. The number of carbonyl (C=O) groups excluding carboxylic acids is 1. The highest BCUT2D eigenvalue weighted by Crippen LogP contribution is 2.27. The Kier molecular flexibility index (Phi) is 4.69. The molecule has 0 heterocycles. The van der Waals surface area contributed by atoms with Gasteiger partial charge in [-0.05, 0) is 32.0 Å². The molecule has 0 aliphatic heterocycles. The number of carbonyl (C=O) groups is 1. The summed E-state index contributed by atoms with van der Waals surface area (Å²) in [4.78, 5) is 11.6. The smallest absolute Gasteiger partial charge is 0.163 e. The number of hydrogen-bond acceptors (Lipinski definition) is 2. The highest BCUT2D eigenvalue weighted by Gasteiger charge is 2.10. The van der Waals surface area contributed by atoms with Crippen LogP contribution in [0, 0.1) is 6.92 Å². The SMILES string of the molecule is CC(=O)c1cc(C)ccc1OCc1cccc(Cl)c1Cl. The lowest BCUT2D eigenvalue weighted by atomic mass is 10.1. The molecule has 0 unspecified atom stereocenters. The normalized spacial score (nSPS) is 10.4. The van der Waals surface area contributed by atoms with Gasteiger partial charge in [0.25, 0.3) is 0 Å². The first kappa shape index (κ1) is 14.9. The second-order valence-corrected chi connectivity index (χ2v) is 5.34. The first-order valence-corrected chi connectivity index (χ1v) is 6.92. The number of rotatable bonds is 4. The predicted octanol–water partition coefficient (Wildman–Crippen LogP) is 5.08. The summed E-state index contributed by atoms with van der Waals surface area (Å²) in [6.07, 6.45) is 0. The fraction of sp³-hybridized carbons (Fsp3) is 0.188. The Morgan fingerprint density at radius 2 is 1.95 bits per heavy atom. The van der Waals surface area contributed by atoms with Crippen LogP contribution >= 0.6 is 23.2 Å². The third-order valence-corrected chi connectivity index (χ3v) is 3.79. The van der Waals surface area contributed by atoms with Crippen molar-refractivity contribution in [3.8, 4) is 5.75 Å². The highest BCUT2D eigenvalue weighted by atomic mass is 35.5. The number of ketones is 1. The van der Waals surface area contributed by atoms with Crippen LogP contribution in [0.1, 0.15) is 28.4 Å². The van der Waals surface area contributed by atoms with E-state index in [4.69, 9.17) is 27.9 Å². The number of hydrogen-bond donors (Lipinski definition) is 0. The number of aryl methyl sites for hydroxylation is 1. The molecular weight excluding hydrogens is 295 g/mol. The summed E-state index contributed by atoms with van der Waals surface area (Å²) in [7, 11) is 0. The van der Waals surface area contributed by atoms with E-state index in [9.17, 15) is 4.79 Å². The standard InChI is InChI=1S/C16H14Cl2O2/c1-10-6-7-15(13(8-10)11(2)19)20-9-12-4-3-5-14(17)16(12)18/h3-8H,9H2,1-2H3. The lowest BCUT2D eigenvalue weighted by Crippen LogP contribution is -2.02. The molecule has 0 aromatic heterocycles.